The molecule has 92 valence electrons. The molecule has 0 aromatic rings. The van der Waals surface area contributed by atoms with Crippen LogP contribution >= 0.6 is 0 Å². The van der Waals surface area contributed by atoms with Crippen LogP contribution in [0.5, 0.6) is 0 Å². The highest BCUT2D eigenvalue weighted by molar-refractivity contribution is 5.77. The van der Waals surface area contributed by atoms with Gasteiger partial charge >= 0.3 is 5.97 Å². The number of amides is 1. The average Bonchev–Trinajstić information content (AvgIpc) is 2.98. The Labute approximate surface area is 96.0 Å². The summed E-state index contributed by atoms with van der Waals surface area (Å²) in [6.07, 6.45) is 2.56. The lowest BCUT2D eigenvalue weighted by Crippen LogP contribution is -2.36. The Balaban J connectivity index is 2.36. The summed E-state index contributed by atoms with van der Waals surface area (Å²) in [4.78, 5) is 26.0. The quantitative estimate of drug-likeness (QED) is 0.685. The molecule has 0 unspecified atom stereocenters. The van der Waals surface area contributed by atoms with Crippen molar-refractivity contribution in [2.24, 2.45) is 0 Å². The number of hydrogen-bond donors (Lipinski definition) is 1. The number of nitrogens with zero attached hydrogens (tertiary/aromatic N) is 2. The lowest BCUT2D eigenvalue weighted by molar-refractivity contribution is -0.138. The smallest absolute Gasteiger partial charge is 0.305 e. The predicted octanol–water partition coefficient (Wildman–Crippen LogP) is 0.404. The Hall–Kier alpha value is -1.10. The molecular weight excluding hydrogens is 208 g/mol. The van der Waals surface area contributed by atoms with Gasteiger partial charge in [-0.3, -0.25) is 9.59 Å². The summed E-state index contributed by atoms with van der Waals surface area (Å²) in [5, 5.41) is 8.62. The Bertz CT molecular complexity index is 262. The van der Waals surface area contributed by atoms with Crippen molar-refractivity contribution in [2.75, 3.05) is 27.2 Å². The lowest BCUT2D eigenvalue weighted by Gasteiger charge is -2.22. The molecule has 1 amide bonds. The molecule has 0 aromatic carbocycles. The molecule has 1 aliphatic carbocycles. The topological polar surface area (TPSA) is 60.9 Å². The van der Waals surface area contributed by atoms with E-state index in [0.29, 0.717) is 19.0 Å². The highest BCUT2D eigenvalue weighted by Gasteiger charge is 2.32. The third-order valence-corrected chi connectivity index (χ3v) is 2.65. The minimum Gasteiger partial charge on any atom is -0.481 e. The predicted molar refractivity (Wildman–Crippen MR) is 60.2 cm³/mol. The van der Waals surface area contributed by atoms with Crippen LogP contribution in [0, 0.1) is 0 Å². The molecule has 0 heterocycles. The number of carbonyl (C=O) groups is 2. The first-order valence-corrected chi connectivity index (χ1v) is 5.66. The fraction of sp³-hybridized carbons (Fsp3) is 0.818. The molecule has 1 aliphatic rings. The number of carboxylic acids is 1. The van der Waals surface area contributed by atoms with Crippen LogP contribution in [0.4, 0.5) is 0 Å². The van der Waals surface area contributed by atoms with Gasteiger partial charge in [0.2, 0.25) is 5.91 Å². The lowest BCUT2D eigenvalue weighted by atomic mass is 10.3. The summed E-state index contributed by atoms with van der Waals surface area (Å²) in [6.45, 7) is 1.07. The van der Waals surface area contributed by atoms with Gasteiger partial charge < -0.3 is 14.9 Å². The van der Waals surface area contributed by atoms with E-state index in [9.17, 15) is 9.59 Å². The molecule has 0 radical (unpaired) electrons. The number of aliphatic carboxylic acids is 1. The van der Waals surface area contributed by atoms with Crippen LogP contribution in [0.15, 0.2) is 0 Å². The Kier molecular flexibility index (Phi) is 4.73. The molecule has 1 saturated carbocycles. The van der Waals surface area contributed by atoms with E-state index < -0.39 is 5.97 Å². The minimum absolute atomic E-state index is 0.0458. The SMILES string of the molecule is CN(C)CCC(=O)N(CCC(=O)O)C1CC1. The Morgan fingerprint density at radius 2 is 1.81 bits per heavy atom. The third kappa shape index (κ3) is 4.61. The number of carbonyl (C=O) groups excluding carboxylic acids is 1. The minimum atomic E-state index is -0.842. The van der Waals surface area contributed by atoms with Crippen molar-refractivity contribution in [1.29, 1.82) is 0 Å². The first-order valence-electron chi connectivity index (χ1n) is 5.66. The van der Waals surface area contributed by atoms with E-state index in [0.717, 1.165) is 19.4 Å². The molecule has 1 fully saturated rings. The monoisotopic (exact) mass is 228 g/mol. The second kappa shape index (κ2) is 5.84. The van der Waals surface area contributed by atoms with Gasteiger partial charge in [0.1, 0.15) is 0 Å². The molecule has 1 rings (SSSR count). The van der Waals surface area contributed by atoms with E-state index >= 15 is 0 Å². The maximum Gasteiger partial charge on any atom is 0.305 e. The van der Waals surface area contributed by atoms with E-state index in [-0.39, 0.29) is 12.3 Å². The summed E-state index contributed by atoms with van der Waals surface area (Å²) >= 11 is 0. The summed E-state index contributed by atoms with van der Waals surface area (Å²) in [7, 11) is 3.85. The Morgan fingerprint density at radius 3 is 2.25 bits per heavy atom. The summed E-state index contributed by atoms with van der Waals surface area (Å²) in [5.41, 5.74) is 0. The molecule has 0 aromatic heterocycles. The first kappa shape index (κ1) is 13.0. The zero-order valence-corrected chi connectivity index (χ0v) is 9.98. The molecule has 0 aliphatic heterocycles. The van der Waals surface area contributed by atoms with Crippen molar-refractivity contribution >= 4 is 11.9 Å². The van der Waals surface area contributed by atoms with Gasteiger partial charge in [-0.05, 0) is 26.9 Å². The van der Waals surface area contributed by atoms with E-state index in [2.05, 4.69) is 0 Å². The van der Waals surface area contributed by atoms with E-state index in [1.807, 2.05) is 19.0 Å². The Morgan fingerprint density at radius 1 is 1.19 bits per heavy atom. The second-order valence-corrected chi connectivity index (χ2v) is 4.52. The van der Waals surface area contributed by atoms with Crippen LogP contribution in [0.1, 0.15) is 25.7 Å². The molecule has 1 N–H and O–H groups in total. The zero-order valence-electron chi connectivity index (χ0n) is 9.98. The maximum absolute atomic E-state index is 11.8. The molecular formula is C11H20N2O3. The molecule has 0 saturated heterocycles. The van der Waals surface area contributed by atoms with Gasteiger partial charge in [-0.15, -0.1) is 0 Å². The molecule has 0 spiro atoms. The van der Waals surface area contributed by atoms with Crippen LogP contribution in [-0.4, -0.2) is 60.0 Å². The highest BCUT2D eigenvalue weighted by atomic mass is 16.4. The molecule has 16 heavy (non-hydrogen) atoms. The van der Waals surface area contributed by atoms with Gasteiger partial charge in [0.05, 0.1) is 6.42 Å². The van der Waals surface area contributed by atoms with Crippen LogP contribution in [-0.2, 0) is 9.59 Å². The zero-order chi connectivity index (χ0) is 12.1. The molecule has 5 heteroatoms. The fourth-order valence-electron chi connectivity index (χ4n) is 1.58. The average molecular weight is 228 g/mol. The van der Waals surface area contributed by atoms with Crippen molar-refractivity contribution in [3.05, 3.63) is 0 Å². The fourth-order valence-corrected chi connectivity index (χ4v) is 1.58. The summed E-state index contributed by atoms with van der Waals surface area (Å²) in [5.74, 6) is -0.761. The normalized spacial score (nSPS) is 15.2. The maximum atomic E-state index is 11.8. The van der Waals surface area contributed by atoms with Crippen LogP contribution in [0.2, 0.25) is 0 Å². The van der Waals surface area contributed by atoms with E-state index in [4.69, 9.17) is 5.11 Å². The molecule has 0 bridgehead atoms. The standard InChI is InChI=1S/C11H20N2O3/c1-12(2)7-5-10(14)13(9-3-4-9)8-6-11(15)16/h9H,3-8H2,1-2H3,(H,15,16). The van der Waals surface area contributed by atoms with Crippen molar-refractivity contribution in [3.8, 4) is 0 Å². The van der Waals surface area contributed by atoms with Crippen LogP contribution in [0.25, 0.3) is 0 Å². The van der Waals surface area contributed by atoms with Crippen LogP contribution in [0.3, 0.4) is 0 Å². The van der Waals surface area contributed by atoms with Gasteiger partial charge in [-0.2, -0.15) is 0 Å². The van der Waals surface area contributed by atoms with Crippen LogP contribution < -0.4 is 0 Å². The van der Waals surface area contributed by atoms with Gasteiger partial charge in [-0.1, -0.05) is 0 Å². The number of carboxylic acid groups (broad SMARTS) is 1. The van der Waals surface area contributed by atoms with E-state index in [1.165, 1.54) is 0 Å². The number of hydrogen-bond acceptors (Lipinski definition) is 3. The summed E-state index contributed by atoms with van der Waals surface area (Å²) < 4.78 is 0. The molecule has 0 atom stereocenters. The van der Waals surface area contributed by atoms with Crippen molar-refractivity contribution in [1.82, 2.24) is 9.80 Å². The van der Waals surface area contributed by atoms with Gasteiger partial charge in [-0.25, -0.2) is 0 Å². The van der Waals surface area contributed by atoms with Crippen molar-refractivity contribution in [2.45, 2.75) is 31.7 Å². The second-order valence-electron chi connectivity index (χ2n) is 4.52. The van der Waals surface area contributed by atoms with E-state index in [1.54, 1.807) is 4.90 Å². The van der Waals surface area contributed by atoms with Gasteiger partial charge in [0.25, 0.3) is 0 Å². The van der Waals surface area contributed by atoms with Crippen molar-refractivity contribution in [3.63, 3.8) is 0 Å². The first-order chi connectivity index (χ1) is 7.50. The number of rotatable bonds is 7. The largest absolute Gasteiger partial charge is 0.481 e. The third-order valence-electron chi connectivity index (χ3n) is 2.65. The van der Waals surface area contributed by atoms with Gasteiger partial charge in [0, 0.05) is 25.6 Å². The molecule has 5 nitrogen and oxygen atoms in total. The summed E-state index contributed by atoms with van der Waals surface area (Å²) in [6, 6.07) is 0.300. The van der Waals surface area contributed by atoms with Gasteiger partial charge in [0.15, 0.2) is 0 Å². The van der Waals surface area contributed by atoms with Crippen molar-refractivity contribution < 1.29 is 14.7 Å². The highest BCUT2D eigenvalue weighted by Crippen LogP contribution is 2.27.